The van der Waals surface area contributed by atoms with Gasteiger partial charge in [-0.25, -0.2) is 9.37 Å². The van der Waals surface area contributed by atoms with E-state index < -0.39 is 34.6 Å². The fraction of sp³-hybridized carbons (Fsp3) is 0.367. The highest BCUT2D eigenvalue weighted by Gasteiger charge is 2.48. The van der Waals surface area contributed by atoms with E-state index in [0.29, 0.717) is 42.7 Å². The van der Waals surface area contributed by atoms with Gasteiger partial charge in [0.1, 0.15) is 23.1 Å². The Morgan fingerprint density at radius 2 is 1.98 bits per heavy atom. The second-order valence-electron chi connectivity index (χ2n) is 10.8. The van der Waals surface area contributed by atoms with Crippen molar-refractivity contribution < 1.29 is 22.4 Å². The summed E-state index contributed by atoms with van der Waals surface area (Å²) in [6.45, 7) is 5.83. The van der Waals surface area contributed by atoms with E-state index in [1.54, 1.807) is 17.1 Å². The van der Waals surface area contributed by atoms with E-state index in [9.17, 15) is 32.9 Å². The SMILES string of the molecule is C=C(/C(F)=C(\C=C/C)C(=O)N1CCC(N2CC(CC#N)(n3cc(-c4c(C#N)cnc5[nH]ccc45)cn3)C2)CC1)C(F)(F)F. The Balaban J connectivity index is 1.28. The van der Waals surface area contributed by atoms with Crippen LogP contribution < -0.4 is 0 Å². The molecular weight excluding hydrogens is 564 g/mol. The molecule has 0 radical (unpaired) electrons. The van der Waals surface area contributed by atoms with Gasteiger partial charge < -0.3 is 9.88 Å². The number of alkyl halides is 3. The number of nitrogens with one attached hydrogen (secondary N) is 1. The number of hydrogen-bond donors (Lipinski definition) is 1. The molecule has 0 aliphatic carbocycles. The van der Waals surface area contributed by atoms with Crippen molar-refractivity contribution in [2.75, 3.05) is 26.2 Å². The number of allylic oxidation sites excluding steroid dienone is 3. The second kappa shape index (κ2) is 11.5. The lowest BCUT2D eigenvalue weighted by molar-refractivity contribution is -0.129. The first-order chi connectivity index (χ1) is 20.5. The monoisotopic (exact) mass is 592 g/mol. The Kier molecular flexibility index (Phi) is 7.95. The maximum Gasteiger partial charge on any atom is 0.418 e. The average molecular weight is 593 g/mol. The van der Waals surface area contributed by atoms with Gasteiger partial charge in [0.25, 0.3) is 5.91 Å². The third-order valence-electron chi connectivity index (χ3n) is 8.14. The number of nitrogens with zero attached hydrogens (tertiary/aromatic N) is 7. The molecule has 3 aromatic heterocycles. The maximum atomic E-state index is 14.6. The summed E-state index contributed by atoms with van der Waals surface area (Å²) in [4.78, 5) is 23.9. The lowest BCUT2D eigenvalue weighted by atomic mass is 9.83. The molecule has 222 valence electrons. The molecule has 0 bridgehead atoms. The molecule has 2 saturated heterocycles. The number of carbonyl (C=O) groups excluding carboxylic acids is 1. The molecule has 43 heavy (non-hydrogen) atoms. The summed E-state index contributed by atoms with van der Waals surface area (Å²) in [6, 6.07) is 6.37. The Labute approximate surface area is 245 Å². The van der Waals surface area contributed by atoms with Crippen LogP contribution in [0.1, 0.15) is 31.7 Å². The van der Waals surface area contributed by atoms with Gasteiger partial charge in [-0.05, 0) is 25.8 Å². The minimum absolute atomic E-state index is 0.0694. The van der Waals surface area contributed by atoms with Crippen LogP contribution in [0.2, 0.25) is 0 Å². The van der Waals surface area contributed by atoms with E-state index in [2.05, 4.69) is 38.7 Å². The van der Waals surface area contributed by atoms with Crippen LogP contribution in [-0.4, -0.2) is 73.9 Å². The van der Waals surface area contributed by atoms with Crippen molar-refractivity contribution in [1.82, 2.24) is 29.5 Å². The highest BCUT2D eigenvalue weighted by atomic mass is 19.4. The Morgan fingerprint density at radius 3 is 2.60 bits per heavy atom. The van der Waals surface area contributed by atoms with Crippen molar-refractivity contribution in [3.63, 3.8) is 0 Å². The zero-order chi connectivity index (χ0) is 30.9. The lowest BCUT2D eigenvalue weighted by Crippen LogP contribution is -2.66. The van der Waals surface area contributed by atoms with Gasteiger partial charge in [-0.1, -0.05) is 18.7 Å². The van der Waals surface area contributed by atoms with Crippen LogP contribution in [0.3, 0.4) is 0 Å². The quantitative estimate of drug-likeness (QED) is 0.231. The highest BCUT2D eigenvalue weighted by molar-refractivity contribution is 5.97. The van der Waals surface area contributed by atoms with E-state index in [1.807, 2.05) is 12.3 Å². The number of carbonyl (C=O) groups is 1. The molecule has 5 heterocycles. The average Bonchev–Trinajstić information content (AvgIpc) is 3.66. The van der Waals surface area contributed by atoms with Gasteiger partial charge in [0, 0.05) is 67.3 Å². The van der Waals surface area contributed by atoms with Crippen molar-refractivity contribution in [2.45, 2.75) is 43.9 Å². The van der Waals surface area contributed by atoms with E-state index in [4.69, 9.17) is 0 Å². The Morgan fingerprint density at radius 1 is 1.26 bits per heavy atom. The van der Waals surface area contributed by atoms with E-state index >= 15 is 0 Å². The van der Waals surface area contributed by atoms with Crippen LogP contribution in [0.5, 0.6) is 0 Å². The summed E-state index contributed by atoms with van der Waals surface area (Å²) in [7, 11) is 0. The summed E-state index contributed by atoms with van der Waals surface area (Å²) in [5, 5.41) is 24.7. The van der Waals surface area contributed by atoms with Gasteiger partial charge in [-0.15, -0.1) is 0 Å². The topological polar surface area (TPSA) is 118 Å². The van der Waals surface area contributed by atoms with E-state index in [1.165, 1.54) is 24.1 Å². The summed E-state index contributed by atoms with van der Waals surface area (Å²) in [6.07, 6.45) is 5.44. The molecule has 3 aromatic rings. The molecule has 9 nitrogen and oxygen atoms in total. The number of likely N-dealkylation sites (tertiary alicyclic amines) is 2. The zero-order valence-electron chi connectivity index (χ0n) is 23.3. The predicted molar refractivity (Wildman–Crippen MR) is 150 cm³/mol. The van der Waals surface area contributed by atoms with E-state index in [0.717, 1.165) is 17.0 Å². The molecule has 2 aliphatic heterocycles. The molecule has 5 rings (SSSR count). The van der Waals surface area contributed by atoms with Crippen LogP contribution in [0.4, 0.5) is 17.6 Å². The first-order valence-corrected chi connectivity index (χ1v) is 13.6. The number of pyridine rings is 1. The summed E-state index contributed by atoms with van der Waals surface area (Å²) >= 11 is 0. The fourth-order valence-electron chi connectivity index (χ4n) is 5.86. The molecule has 0 saturated carbocycles. The van der Waals surface area contributed by atoms with Gasteiger partial charge in [0.15, 0.2) is 0 Å². The van der Waals surface area contributed by atoms with Crippen molar-refractivity contribution in [2.24, 2.45) is 0 Å². The lowest BCUT2D eigenvalue weighted by Gasteiger charge is -2.53. The van der Waals surface area contributed by atoms with Crippen molar-refractivity contribution in [3.8, 4) is 23.3 Å². The fourth-order valence-corrected chi connectivity index (χ4v) is 5.86. The van der Waals surface area contributed by atoms with Crippen LogP contribution in [0.25, 0.3) is 22.2 Å². The molecule has 1 N–H and O–H groups in total. The molecule has 13 heteroatoms. The molecular formula is C30H28F4N8O. The first-order valence-electron chi connectivity index (χ1n) is 13.6. The molecule has 0 atom stereocenters. The van der Waals surface area contributed by atoms with Crippen molar-refractivity contribution in [1.29, 1.82) is 10.5 Å². The second-order valence-corrected chi connectivity index (χ2v) is 10.8. The number of piperidine rings is 1. The highest BCUT2D eigenvalue weighted by Crippen LogP contribution is 2.39. The maximum absolute atomic E-state index is 14.6. The van der Waals surface area contributed by atoms with Crippen LogP contribution in [0, 0.1) is 22.7 Å². The number of aromatic nitrogens is 4. The van der Waals surface area contributed by atoms with Crippen LogP contribution >= 0.6 is 0 Å². The third kappa shape index (κ3) is 5.44. The molecule has 0 aromatic carbocycles. The van der Waals surface area contributed by atoms with Crippen molar-refractivity contribution in [3.05, 3.63) is 72.1 Å². The molecule has 2 aliphatic rings. The minimum Gasteiger partial charge on any atom is -0.346 e. The number of amides is 1. The summed E-state index contributed by atoms with van der Waals surface area (Å²) in [5.41, 5.74) is -0.439. The van der Waals surface area contributed by atoms with Gasteiger partial charge in [-0.2, -0.15) is 28.8 Å². The van der Waals surface area contributed by atoms with Gasteiger partial charge in [0.05, 0.1) is 35.4 Å². The molecule has 0 spiro atoms. The zero-order valence-corrected chi connectivity index (χ0v) is 23.3. The van der Waals surface area contributed by atoms with Crippen molar-refractivity contribution >= 4 is 16.9 Å². The largest absolute Gasteiger partial charge is 0.418 e. The third-order valence-corrected chi connectivity index (χ3v) is 8.14. The number of fused-ring (bicyclic) bond motifs is 1. The number of nitriles is 2. The summed E-state index contributed by atoms with van der Waals surface area (Å²) < 4.78 is 55.5. The van der Waals surface area contributed by atoms with Gasteiger partial charge in [0.2, 0.25) is 0 Å². The molecule has 2 fully saturated rings. The van der Waals surface area contributed by atoms with Gasteiger partial charge >= 0.3 is 6.18 Å². The minimum atomic E-state index is -4.99. The first kappa shape index (κ1) is 29.7. The summed E-state index contributed by atoms with van der Waals surface area (Å²) in [5.74, 6) is -2.48. The number of H-pyrrole nitrogens is 1. The predicted octanol–water partition coefficient (Wildman–Crippen LogP) is 5.13. The van der Waals surface area contributed by atoms with E-state index in [-0.39, 0.29) is 25.6 Å². The van der Waals surface area contributed by atoms with Crippen LogP contribution in [-0.2, 0) is 10.3 Å². The standard InChI is InChI=1S/C30H28F4N8O/c1-3-4-24(26(31)19(2)30(32,33)34)28(43)40-11-6-22(7-12-40)41-17-29(18-41,8-9-35)42-16-21(15-39-42)25-20(13-36)14-38-27-23(25)5-10-37-27/h3-5,10,14-16,22H,2,6-8,11-12,17-18H2,1H3,(H,37,38)/b4-3-,26-24-. The number of aromatic amines is 1. The smallest absolute Gasteiger partial charge is 0.346 e. The number of rotatable bonds is 7. The number of hydrogen-bond acceptors (Lipinski definition) is 6. The normalized spacial score (nSPS) is 18.3. The van der Waals surface area contributed by atoms with Gasteiger partial charge in [-0.3, -0.25) is 14.4 Å². The number of halogens is 4. The molecule has 1 amide bonds. The Hall–Kier alpha value is -4.75. The van der Waals surface area contributed by atoms with Crippen LogP contribution in [0.15, 0.2) is 66.6 Å². The molecule has 0 unspecified atom stereocenters. The Bertz CT molecular complexity index is 1700.